The molecule has 2 rings (SSSR count). The van der Waals surface area contributed by atoms with Crippen LogP contribution < -0.4 is 5.73 Å². The van der Waals surface area contributed by atoms with Crippen molar-refractivity contribution in [3.8, 4) is 0 Å². The Hall–Kier alpha value is -1.71. The maximum atomic E-state index is 11.5. The van der Waals surface area contributed by atoms with Crippen molar-refractivity contribution < 1.29 is 4.79 Å². The number of primary amides is 1. The molecule has 0 aliphatic carbocycles. The molecule has 0 aromatic carbocycles. The number of aliphatic imine (C=N–C) groups is 1. The van der Waals surface area contributed by atoms with Crippen molar-refractivity contribution in [3.63, 3.8) is 0 Å². The first-order valence-corrected chi connectivity index (χ1v) is 7.06. The summed E-state index contributed by atoms with van der Waals surface area (Å²) in [5.74, 6) is -0.363. The molecule has 0 bridgehead atoms. The van der Waals surface area contributed by atoms with Crippen LogP contribution in [0.15, 0.2) is 23.5 Å². The molecule has 0 saturated heterocycles. The summed E-state index contributed by atoms with van der Waals surface area (Å²) in [6.45, 7) is 2.21. The zero-order valence-corrected chi connectivity index (χ0v) is 11.4. The molecule has 1 unspecified atom stereocenters. The van der Waals surface area contributed by atoms with Gasteiger partial charge in [-0.1, -0.05) is 39.0 Å². The van der Waals surface area contributed by atoms with Gasteiger partial charge >= 0.3 is 0 Å². The molecule has 4 heteroatoms. The fourth-order valence-corrected chi connectivity index (χ4v) is 2.60. The number of carbonyl (C=O) groups excluding carboxylic acids is 1. The number of amides is 1. The van der Waals surface area contributed by atoms with Crippen molar-refractivity contribution in [2.75, 3.05) is 0 Å². The van der Waals surface area contributed by atoms with Gasteiger partial charge in [0.2, 0.25) is 0 Å². The minimum absolute atomic E-state index is 0.0443. The molecule has 1 atom stereocenters. The summed E-state index contributed by atoms with van der Waals surface area (Å²) >= 11 is 0. The minimum atomic E-state index is -0.408. The number of aromatic nitrogens is 1. The standard InChI is InChI=1S/C15H21N3O/c1-2-3-4-5-6-7-11-12-10-17-9-8-13(12)18-14(11)15(16)19/h8-11H,2-7H2,1H3,(H2,16,19). The van der Waals surface area contributed by atoms with Crippen LogP contribution in [0.2, 0.25) is 0 Å². The summed E-state index contributed by atoms with van der Waals surface area (Å²) in [5, 5.41) is 0. The fourth-order valence-electron chi connectivity index (χ4n) is 2.60. The third-order valence-electron chi connectivity index (χ3n) is 3.62. The SMILES string of the molecule is CCCCCCCC1C(C(N)=O)=Nc2ccncc21. The van der Waals surface area contributed by atoms with Crippen LogP contribution in [0.4, 0.5) is 5.69 Å². The van der Waals surface area contributed by atoms with Gasteiger partial charge in [0, 0.05) is 23.9 Å². The van der Waals surface area contributed by atoms with E-state index in [0.29, 0.717) is 5.71 Å². The summed E-state index contributed by atoms with van der Waals surface area (Å²) in [6.07, 6.45) is 10.5. The number of pyridine rings is 1. The van der Waals surface area contributed by atoms with E-state index in [2.05, 4.69) is 16.9 Å². The maximum Gasteiger partial charge on any atom is 0.263 e. The minimum Gasteiger partial charge on any atom is -0.365 e. The quantitative estimate of drug-likeness (QED) is 0.764. The third kappa shape index (κ3) is 3.19. The molecule has 2 heterocycles. The lowest BCUT2D eigenvalue weighted by Crippen LogP contribution is -2.26. The maximum absolute atomic E-state index is 11.5. The van der Waals surface area contributed by atoms with Gasteiger partial charge in [0.15, 0.2) is 0 Å². The zero-order chi connectivity index (χ0) is 13.7. The average Bonchev–Trinajstić information content (AvgIpc) is 2.78. The molecule has 1 amide bonds. The molecule has 0 spiro atoms. The lowest BCUT2D eigenvalue weighted by atomic mass is 9.91. The molecule has 0 fully saturated rings. The molecular formula is C15H21N3O. The summed E-state index contributed by atoms with van der Waals surface area (Å²) in [5.41, 5.74) is 7.83. The first kappa shape index (κ1) is 13.7. The van der Waals surface area contributed by atoms with Gasteiger partial charge in [0.25, 0.3) is 5.91 Å². The van der Waals surface area contributed by atoms with E-state index < -0.39 is 5.91 Å². The van der Waals surface area contributed by atoms with Crippen molar-refractivity contribution >= 4 is 17.3 Å². The average molecular weight is 259 g/mol. The molecule has 102 valence electrons. The van der Waals surface area contributed by atoms with Crippen molar-refractivity contribution in [1.82, 2.24) is 4.98 Å². The third-order valence-corrected chi connectivity index (χ3v) is 3.62. The molecule has 4 nitrogen and oxygen atoms in total. The van der Waals surface area contributed by atoms with Gasteiger partial charge in [0.1, 0.15) is 5.71 Å². The highest BCUT2D eigenvalue weighted by Crippen LogP contribution is 2.37. The van der Waals surface area contributed by atoms with Crippen molar-refractivity contribution in [2.24, 2.45) is 10.7 Å². The van der Waals surface area contributed by atoms with E-state index in [1.807, 2.05) is 12.3 Å². The molecule has 1 aliphatic heterocycles. The Labute approximate surface area is 114 Å². The first-order valence-electron chi connectivity index (χ1n) is 7.06. The number of hydrogen-bond donors (Lipinski definition) is 1. The Bertz CT molecular complexity index is 482. The van der Waals surface area contributed by atoms with Crippen molar-refractivity contribution in [1.29, 1.82) is 0 Å². The van der Waals surface area contributed by atoms with Crippen molar-refractivity contribution in [2.45, 2.75) is 51.4 Å². The Morgan fingerprint density at radius 3 is 2.84 bits per heavy atom. The van der Waals surface area contributed by atoms with Crippen LogP contribution in [0.25, 0.3) is 0 Å². The van der Waals surface area contributed by atoms with Gasteiger partial charge < -0.3 is 5.73 Å². The number of carbonyl (C=O) groups is 1. The van der Waals surface area contributed by atoms with E-state index >= 15 is 0 Å². The Kier molecular flexibility index (Phi) is 4.66. The topological polar surface area (TPSA) is 68.3 Å². The second kappa shape index (κ2) is 6.45. The molecular weight excluding hydrogens is 238 g/mol. The summed E-state index contributed by atoms with van der Waals surface area (Å²) in [7, 11) is 0. The second-order valence-corrected chi connectivity index (χ2v) is 5.05. The van der Waals surface area contributed by atoms with Crippen LogP contribution in [0.1, 0.15) is 56.9 Å². The molecule has 19 heavy (non-hydrogen) atoms. The highest BCUT2D eigenvalue weighted by Gasteiger charge is 2.30. The fraction of sp³-hybridized carbons (Fsp3) is 0.533. The first-order chi connectivity index (χ1) is 9.24. The van der Waals surface area contributed by atoms with Gasteiger partial charge in [-0.05, 0) is 12.5 Å². The van der Waals surface area contributed by atoms with Gasteiger partial charge in [-0.3, -0.25) is 9.78 Å². The zero-order valence-electron chi connectivity index (χ0n) is 11.4. The van der Waals surface area contributed by atoms with Crippen LogP contribution in [-0.4, -0.2) is 16.6 Å². The van der Waals surface area contributed by atoms with E-state index in [9.17, 15) is 4.79 Å². The summed E-state index contributed by atoms with van der Waals surface area (Å²) in [4.78, 5) is 20.0. The number of fused-ring (bicyclic) bond motifs is 1. The van der Waals surface area contributed by atoms with E-state index in [0.717, 1.165) is 24.1 Å². The number of nitrogens with zero attached hydrogens (tertiary/aromatic N) is 2. The Morgan fingerprint density at radius 2 is 2.11 bits per heavy atom. The van der Waals surface area contributed by atoms with Crippen LogP contribution in [0.3, 0.4) is 0 Å². The highest BCUT2D eigenvalue weighted by molar-refractivity contribution is 6.42. The van der Waals surface area contributed by atoms with Gasteiger partial charge in [-0.2, -0.15) is 0 Å². The Balaban J connectivity index is 2.01. The molecule has 1 aliphatic rings. The van der Waals surface area contributed by atoms with Gasteiger partial charge in [-0.25, -0.2) is 4.99 Å². The summed E-state index contributed by atoms with van der Waals surface area (Å²) < 4.78 is 0. The lowest BCUT2D eigenvalue weighted by Gasteiger charge is -2.12. The van der Waals surface area contributed by atoms with Crippen molar-refractivity contribution in [3.05, 3.63) is 24.0 Å². The van der Waals surface area contributed by atoms with E-state index in [-0.39, 0.29) is 5.92 Å². The number of hydrogen-bond acceptors (Lipinski definition) is 3. The molecule has 1 aromatic rings. The van der Waals surface area contributed by atoms with Crippen LogP contribution >= 0.6 is 0 Å². The number of unbranched alkanes of at least 4 members (excludes halogenated alkanes) is 4. The largest absolute Gasteiger partial charge is 0.365 e. The number of nitrogens with two attached hydrogens (primary N) is 1. The smallest absolute Gasteiger partial charge is 0.263 e. The lowest BCUT2D eigenvalue weighted by molar-refractivity contribution is -0.112. The number of rotatable bonds is 7. The van der Waals surface area contributed by atoms with E-state index in [1.165, 1.54) is 25.7 Å². The second-order valence-electron chi connectivity index (χ2n) is 5.05. The van der Waals surface area contributed by atoms with Crippen LogP contribution in [-0.2, 0) is 4.79 Å². The molecule has 1 aromatic heterocycles. The predicted molar refractivity (Wildman–Crippen MR) is 76.6 cm³/mol. The highest BCUT2D eigenvalue weighted by atomic mass is 16.1. The van der Waals surface area contributed by atoms with Gasteiger partial charge in [-0.15, -0.1) is 0 Å². The van der Waals surface area contributed by atoms with Crippen LogP contribution in [0.5, 0.6) is 0 Å². The molecule has 0 radical (unpaired) electrons. The van der Waals surface area contributed by atoms with E-state index in [4.69, 9.17) is 5.73 Å². The van der Waals surface area contributed by atoms with Gasteiger partial charge in [0.05, 0.1) is 5.69 Å². The monoisotopic (exact) mass is 259 g/mol. The van der Waals surface area contributed by atoms with E-state index in [1.54, 1.807) is 6.20 Å². The normalized spacial score (nSPS) is 17.1. The molecule has 2 N–H and O–H groups in total. The molecule has 0 saturated carbocycles. The summed E-state index contributed by atoms with van der Waals surface area (Å²) in [6, 6.07) is 1.84. The van der Waals surface area contributed by atoms with Crippen LogP contribution in [0, 0.1) is 0 Å². The Morgan fingerprint density at radius 1 is 1.32 bits per heavy atom. The predicted octanol–water partition coefficient (Wildman–Crippen LogP) is 3.10.